The number of hydrogen-bond donors (Lipinski definition) is 0. The molecule has 0 saturated carbocycles. The number of fused-ring (bicyclic) bond motifs is 1. The minimum atomic E-state index is 0.501. The number of rotatable bonds is 3. The highest BCUT2D eigenvalue weighted by molar-refractivity contribution is 6.30. The predicted octanol–water partition coefficient (Wildman–Crippen LogP) is 3.83. The summed E-state index contributed by atoms with van der Waals surface area (Å²) in [6.45, 7) is 6.38. The topological polar surface area (TPSA) is 30.7 Å². The quantitative estimate of drug-likeness (QED) is 0.776. The van der Waals surface area contributed by atoms with E-state index in [1.807, 2.05) is 18.7 Å². The van der Waals surface area contributed by atoms with E-state index in [4.69, 9.17) is 11.6 Å². The fraction of sp³-hybridized carbons (Fsp3) is 0.538. The van der Waals surface area contributed by atoms with E-state index in [9.17, 15) is 0 Å². The first kappa shape index (κ1) is 12.4. The summed E-state index contributed by atoms with van der Waals surface area (Å²) < 4.78 is 1.83. The summed E-state index contributed by atoms with van der Waals surface area (Å²) in [6, 6.07) is 2.10. The molecule has 0 amide bonds. The van der Waals surface area contributed by atoms with Crippen molar-refractivity contribution in [1.82, 2.24) is 14.8 Å². The zero-order chi connectivity index (χ0) is 12.6. The lowest BCUT2D eigenvalue weighted by molar-refractivity contribution is 0.608. The summed E-state index contributed by atoms with van der Waals surface area (Å²) in [5, 5.41) is 6.32. The third-order valence-corrected chi connectivity index (χ3v) is 3.73. The van der Waals surface area contributed by atoms with Crippen LogP contribution in [0, 0.1) is 6.92 Å². The summed E-state index contributed by atoms with van der Waals surface area (Å²) in [6.07, 6.45) is 2.20. The molecule has 0 radical (unpaired) electrons. The van der Waals surface area contributed by atoms with E-state index in [1.165, 1.54) is 0 Å². The minimum absolute atomic E-state index is 0.501. The zero-order valence-electron chi connectivity index (χ0n) is 10.8. The van der Waals surface area contributed by atoms with Crippen LogP contribution in [0.15, 0.2) is 6.07 Å². The number of aromatic nitrogens is 3. The monoisotopic (exact) mass is 251 g/mol. The molecule has 0 bridgehead atoms. The summed E-state index contributed by atoms with van der Waals surface area (Å²) >= 11 is 6.06. The summed E-state index contributed by atoms with van der Waals surface area (Å²) in [4.78, 5) is 4.41. The van der Waals surface area contributed by atoms with Gasteiger partial charge in [-0.25, -0.2) is 4.98 Å². The first-order valence-corrected chi connectivity index (χ1v) is 6.46. The number of nitrogens with zero attached hydrogens (tertiary/aromatic N) is 3. The molecule has 0 saturated heterocycles. The Balaban J connectivity index is 2.69. The van der Waals surface area contributed by atoms with Crippen molar-refractivity contribution in [2.75, 3.05) is 0 Å². The molecule has 0 aliphatic carbocycles. The first-order chi connectivity index (χ1) is 8.08. The standard InChI is InChI=1S/C13H18ClN3/c1-5-9(6-2)11-10-7-8(3)12(14)15-13(10)17(4)16-11/h7,9H,5-6H2,1-4H3. The minimum Gasteiger partial charge on any atom is -0.250 e. The van der Waals surface area contributed by atoms with Crippen molar-refractivity contribution in [3.63, 3.8) is 0 Å². The highest BCUT2D eigenvalue weighted by atomic mass is 35.5. The molecule has 0 aromatic carbocycles. The molecule has 2 aromatic rings. The molecule has 0 aliphatic rings. The van der Waals surface area contributed by atoms with Crippen molar-refractivity contribution in [2.45, 2.75) is 39.5 Å². The number of pyridine rings is 1. The van der Waals surface area contributed by atoms with Gasteiger partial charge < -0.3 is 0 Å². The Bertz CT molecular complexity index is 541. The lowest BCUT2D eigenvalue weighted by Gasteiger charge is -2.09. The Morgan fingerprint density at radius 2 is 2.00 bits per heavy atom. The average Bonchev–Trinajstić information content (AvgIpc) is 2.60. The van der Waals surface area contributed by atoms with E-state index in [2.05, 4.69) is 30.0 Å². The smallest absolute Gasteiger partial charge is 0.159 e. The molecule has 4 heteroatoms. The molecule has 2 aromatic heterocycles. The van der Waals surface area contributed by atoms with Gasteiger partial charge in [0.25, 0.3) is 0 Å². The Morgan fingerprint density at radius 3 is 2.59 bits per heavy atom. The van der Waals surface area contributed by atoms with Crippen LogP contribution in [0.4, 0.5) is 0 Å². The average molecular weight is 252 g/mol. The van der Waals surface area contributed by atoms with Crippen molar-refractivity contribution >= 4 is 22.6 Å². The predicted molar refractivity (Wildman–Crippen MR) is 71.6 cm³/mol. The van der Waals surface area contributed by atoms with Crippen molar-refractivity contribution in [3.8, 4) is 0 Å². The second-order valence-electron chi connectivity index (χ2n) is 4.49. The second-order valence-corrected chi connectivity index (χ2v) is 4.85. The molecule has 0 N–H and O–H groups in total. The maximum absolute atomic E-state index is 6.06. The lowest BCUT2D eigenvalue weighted by Crippen LogP contribution is -1.98. The molecule has 2 heterocycles. The third kappa shape index (κ3) is 2.04. The van der Waals surface area contributed by atoms with Crippen molar-refractivity contribution in [3.05, 3.63) is 22.5 Å². The van der Waals surface area contributed by atoms with Gasteiger partial charge in [0, 0.05) is 18.4 Å². The van der Waals surface area contributed by atoms with Gasteiger partial charge in [-0.05, 0) is 31.4 Å². The Labute approximate surface area is 107 Å². The van der Waals surface area contributed by atoms with E-state index < -0.39 is 0 Å². The van der Waals surface area contributed by atoms with Crippen LogP contribution in [0.2, 0.25) is 5.15 Å². The summed E-state index contributed by atoms with van der Waals surface area (Å²) in [7, 11) is 1.92. The van der Waals surface area contributed by atoms with Gasteiger partial charge in [-0.2, -0.15) is 5.10 Å². The number of hydrogen-bond acceptors (Lipinski definition) is 2. The number of halogens is 1. The molecule has 0 spiro atoms. The molecule has 3 nitrogen and oxygen atoms in total. The van der Waals surface area contributed by atoms with Gasteiger partial charge >= 0.3 is 0 Å². The molecule has 0 aliphatic heterocycles. The molecular weight excluding hydrogens is 234 g/mol. The highest BCUT2D eigenvalue weighted by Crippen LogP contribution is 2.30. The molecule has 2 rings (SSSR count). The molecule has 0 fully saturated rings. The van der Waals surface area contributed by atoms with Crippen LogP contribution in [0.5, 0.6) is 0 Å². The summed E-state index contributed by atoms with van der Waals surface area (Å²) in [5.41, 5.74) is 3.04. The number of aryl methyl sites for hydroxylation is 2. The van der Waals surface area contributed by atoms with Gasteiger partial charge in [0.15, 0.2) is 5.65 Å². The maximum Gasteiger partial charge on any atom is 0.159 e. The van der Waals surface area contributed by atoms with E-state index in [0.29, 0.717) is 11.1 Å². The van der Waals surface area contributed by atoms with E-state index in [-0.39, 0.29) is 0 Å². The van der Waals surface area contributed by atoms with E-state index in [0.717, 1.165) is 35.1 Å². The molecule has 92 valence electrons. The van der Waals surface area contributed by atoms with Crippen LogP contribution < -0.4 is 0 Å². The molecule has 17 heavy (non-hydrogen) atoms. The fourth-order valence-corrected chi connectivity index (χ4v) is 2.39. The lowest BCUT2D eigenvalue weighted by atomic mass is 9.97. The van der Waals surface area contributed by atoms with Crippen LogP contribution in [-0.2, 0) is 7.05 Å². The van der Waals surface area contributed by atoms with Crippen molar-refractivity contribution in [1.29, 1.82) is 0 Å². The van der Waals surface area contributed by atoms with Crippen LogP contribution >= 0.6 is 11.6 Å². The largest absolute Gasteiger partial charge is 0.250 e. The molecule has 0 atom stereocenters. The highest BCUT2D eigenvalue weighted by Gasteiger charge is 2.17. The fourth-order valence-electron chi connectivity index (χ4n) is 2.26. The zero-order valence-corrected chi connectivity index (χ0v) is 11.5. The van der Waals surface area contributed by atoms with Crippen molar-refractivity contribution < 1.29 is 0 Å². The second kappa shape index (κ2) is 4.65. The summed E-state index contributed by atoms with van der Waals surface area (Å²) in [5.74, 6) is 0.501. The van der Waals surface area contributed by atoms with E-state index >= 15 is 0 Å². The van der Waals surface area contributed by atoms with Gasteiger partial charge in [0.2, 0.25) is 0 Å². The third-order valence-electron chi connectivity index (χ3n) is 3.34. The van der Waals surface area contributed by atoms with Gasteiger partial charge in [0.05, 0.1) is 5.69 Å². The van der Waals surface area contributed by atoms with Crippen LogP contribution in [0.3, 0.4) is 0 Å². The molecular formula is C13H18ClN3. The SMILES string of the molecule is CCC(CC)c1nn(C)c2nc(Cl)c(C)cc12. The Hall–Kier alpha value is -1.09. The Kier molecular flexibility index (Phi) is 3.38. The van der Waals surface area contributed by atoms with Gasteiger partial charge in [0.1, 0.15) is 5.15 Å². The van der Waals surface area contributed by atoms with Crippen LogP contribution in [0.1, 0.15) is 43.9 Å². The van der Waals surface area contributed by atoms with E-state index in [1.54, 1.807) is 0 Å². The first-order valence-electron chi connectivity index (χ1n) is 6.08. The normalized spacial score (nSPS) is 11.6. The van der Waals surface area contributed by atoms with Gasteiger partial charge in [-0.3, -0.25) is 4.68 Å². The van der Waals surface area contributed by atoms with Crippen LogP contribution in [-0.4, -0.2) is 14.8 Å². The Morgan fingerprint density at radius 1 is 1.35 bits per heavy atom. The van der Waals surface area contributed by atoms with Gasteiger partial charge in [-0.1, -0.05) is 25.4 Å². The van der Waals surface area contributed by atoms with Crippen molar-refractivity contribution in [2.24, 2.45) is 7.05 Å². The van der Waals surface area contributed by atoms with Gasteiger partial charge in [-0.15, -0.1) is 0 Å². The maximum atomic E-state index is 6.06. The molecule has 0 unspecified atom stereocenters. The van der Waals surface area contributed by atoms with Crippen LogP contribution in [0.25, 0.3) is 11.0 Å².